The van der Waals surface area contributed by atoms with Crippen molar-refractivity contribution in [3.05, 3.63) is 0 Å². The standard InChI is InChI=1S/C11H19NO2/c12-7-11(10(13)14)6-8-4-2-1-3-5-9(8)11/h8-9H,1-7,12H2,(H,13,14)/t8-,9-,11+/m1/s1. The molecule has 2 aliphatic rings. The summed E-state index contributed by atoms with van der Waals surface area (Å²) >= 11 is 0. The Morgan fingerprint density at radius 2 is 2.07 bits per heavy atom. The van der Waals surface area contributed by atoms with Crippen molar-refractivity contribution in [2.75, 3.05) is 6.54 Å². The first-order chi connectivity index (χ1) is 6.70. The summed E-state index contributed by atoms with van der Waals surface area (Å²) in [4.78, 5) is 11.2. The van der Waals surface area contributed by atoms with Crippen molar-refractivity contribution in [3.63, 3.8) is 0 Å². The maximum Gasteiger partial charge on any atom is 0.311 e. The number of rotatable bonds is 2. The van der Waals surface area contributed by atoms with Crippen LogP contribution in [-0.4, -0.2) is 17.6 Å². The van der Waals surface area contributed by atoms with E-state index in [2.05, 4.69) is 0 Å². The average molecular weight is 197 g/mol. The van der Waals surface area contributed by atoms with Crippen molar-refractivity contribution in [3.8, 4) is 0 Å². The maximum absolute atomic E-state index is 11.2. The average Bonchev–Trinajstić information content (AvgIpc) is 2.30. The number of hydrogen-bond acceptors (Lipinski definition) is 2. The van der Waals surface area contributed by atoms with Gasteiger partial charge in [-0.05, 0) is 24.7 Å². The third-order valence-electron chi connectivity index (χ3n) is 4.29. The Morgan fingerprint density at radius 3 is 2.71 bits per heavy atom. The van der Waals surface area contributed by atoms with Crippen molar-refractivity contribution in [1.82, 2.24) is 0 Å². The van der Waals surface area contributed by atoms with E-state index in [0.29, 0.717) is 18.4 Å². The van der Waals surface area contributed by atoms with E-state index in [1.54, 1.807) is 0 Å². The van der Waals surface area contributed by atoms with Crippen molar-refractivity contribution in [1.29, 1.82) is 0 Å². The van der Waals surface area contributed by atoms with Crippen molar-refractivity contribution < 1.29 is 9.90 Å². The number of carbonyl (C=O) groups is 1. The summed E-state index contributed by atoms with van der Waals surface area (Å²) in [5.74, 6) is 0.354. The van der Waals surface area contributed by atoms with E-state index >= 15 is 0 Å². The van der Waals surface area contributed by atoms with Gasteiger partial charge >= 0.3 is 5.97 Å². The molecule has 0 aromatic carbocycles. The highest BCUT2D eigenvalue weighted by atomic mass is 16.4. The summed E-state index contributed by atoms with van der Waals surface area (Å²) in [7, 11) is 0. The molecule has 3 nitrogen and oxygen atoms in total. The van der Waals surface area contributed by atoms with Crippen LogP contribution in [0.1, 0.15) is 38.5 Å². The van der Waals surface area contributed by atoms with Crippen molar-refractivity contribution in [2.45, 2.75) is 38.5 Å². The van der Waals surface area contributed by atoms with Crippen LogP contribution >= 0.6 is 0 Å². The second-order valence-corrected chi connectivity index (χ2v) is 4.87. The highest BCUT2D eigenvalue weighted by molar-refractivity contribution is 5.77. The first-order valence-electron chi connectivity index (χ1n) is 5.64. The van der Waals surface area contributed by atoms with Gasteiger partial charge in [0, 0.05) is 6.54 Å². The molecule has 0 aromatic rings. The van der Waals surface area contributed by atoms with Gasteiger partial charge in [-0.2, -0.15) is 0 Å². The largest absolute Gasteiger partial charge is 0.481 e. The molecule has 0 saturated heterocycles. The Hall–Kier alpha value is -0.570. The zero-order valence-electron chi connectivity index (χ0n) is 8.54. The van der Waals surface area contributed by atoms with Crippen LogP contribution in [0.3, 0.4) is 0 Å². The molecule has 0 heterocycles. The number of nitrogens with two attached hydrogens (primary N) is 1. The number of carboxylic acid groups (broad SMARTS) is 1. The van der Waals surface area contributed by atoms with Gasteiger partial charge in [-0.25, -0.2) is 0 Å². The molecular weight excluding hydrogens is 178 g/mol. The first kappa shape index (κ1) is 9.97. The minimum atomic E-state index is -0.664. The van der Waals surface area contributed by atoms with Crippen LogP contribution in [0.2, 0.25) is 0 Å². The zero-order valence-corrected chi connectivity index (χ0v) is 8.54. The van der Waals surface area contributed by atoms with Crippen LogP contribution in [0.25, 0.3) is 0 Å². The van der Waals surface area contributed by atoms with Crippen LogP contribution in [0.15, 0.2) is 0 Å². The van der Waals surface area contributed by atoms with Gasteiger partial charge < -0.3 is 10.8 Å². The monoisotopic (exact) mass is 197 g/mol. The van der Waals surface area contributed by atoms with Gasteiger partial charge in [0.15, 0.2) is 0 Å². The fourth-order valence-electron chi connectivity index (χ4n) is 3.38. The molecule has 3 N–H and O–H groups in total. The molecule has 2 saturated carbocycles. The molecule has 80 valence electrons. The SMILES string of the molecule is NC[C@@]1(C(=O)O)C[C@H]2CCCCC[C@H]21. The molecular formula is C11H19NO2. The van der Waals surface area contributed by atoms with Gasteiger partial charge in [-0.15, -0.1) is 0 Å². The van der Waals surface area contributed by atoms with Crippen molar-refractivity contribution in [2.24, 2.45) is 23.0 Å². The minimum absolute atomic E-state index is 0.323. The zero-order chi connectivity index (χ0) is 10.2. The number of carboxylic acids is 1. The van der Waals surface area contributed by atoms with E-state index in [4.69, 9.17) is 5.73 Å². The van der Waals surface area contributed by atoms with E-state index in [1.165, 1.54) is 25.7 Å². The summed E-state index contributed by atoms with van der Waals surface area (Å²) in [6.07, 6.45) is 6.86. The predicted octanol–water partition coefficient (Wildman–Crippen LogP) is 1.62. The number of hydrogen-bond donors (Lipinski definition) is 2. The molecule has 2 aliphatic carbocycles. The maximum atomic E-state index is 11.2. The van der Waals surface area contributed by atoms with Gasteiger partial charge in [-0.3, -0.25) is 4.79 Å². The topological polar surface area (TPSA) is 63.3 Å². The van der Waals surface area contributed by atoms with E-state index in [9.17, 15) is 9.90 Å². The highest BCUT2D eigenvalue weighted by Gasteiger charge is 2.57. The molecule has 2 rings (SSSR count). The number of fused-ring (bicyclic) bond motifs is 1. The Bertz CT molecular complexity index is 241. The molecule has 0 bridgehead atoms. The predicted molar refractivity (Wildman–Crippen MR) is 53.8 cm³/mol. The van der Waals surface area contributed by atoms with Gasteiger partial charge in [0.2, 0.25) is 0 Å². The lowest BCUT2D eigenvalue weighted by Gasteiger charge is -2.51. The quantitative estimate of drug-likeness (QED) is 0.707. The number of aliphatic carboxylic acids is 1. The summed E-state index contributed by atoms with van der Waals surface area (Å²) in [6.45, 7) is 0.323. The van der Waals surface area contributed by atoms with Gasteiger partial charge in [0.05, 0.1) is 5.41 Å². The van der Waals surface area contributed by atoms with Gasteiger partial charge in [0.1, 0.15) is 0 Å². The molecule has 14 heavy (non-hydrogen) atoms. The van der Waals surface area contributed by atoms with Crippen LogP contribution in [0, 0.1) is 17.3 Å². The molecule has 3 atom stereocenters. The smallest absolute Gasteiger partial charge is 0.311 e. The minimum Gasteiger partial charge on any atom is -0.481 e. The molecule has 0 spiro atoms. The third kappa shape index (κ3) is 1.26. The van der Waals surface area contributed by atoms with E-state index in [0.717, 1.165) is 12.8 Å². The summed E-state index contributed by atoms with van der Waals surface area (Å²) in [6, 6.07) is 0. The van der Waals surface area contributed by atoms with Crippen LogP contribution in [0.5, 0.6) is 0 Å². The Morgan fingerprint density at radius 1 is 1.36 bits per heavy atom. The van der Waals surface area contributed by atoms with Crippen LogP contribution < -0.4 is 5.73 Å². The molecule has 2 fully saturated rings. The van der Waals surface area contributed by atoms with Crippen LogP contribution in [0.4, 0.5) is 0 Å². The van der Waals surface area contributed by atoms with E-state index < -0.39 is 11.4 Å². The summed E-state index contributed by atoms with van der Waals surface area (Å²) < 4.78 is 0. The summed E-state index contributed by atoms with van der Waals surface area (Å²) in [5, 5.41) is 9.23. The van der Waals surface area contributed by atoms with Gasteiger partial charge in [-0.1, -0.05) is 25.7 Å². The second kappa shape index (κ2) is 3.54. The van der Waals surface area contributed by atoms with E-state index in [1.807, 2.05) is 0 Å². The van der Waals surface area contributed by atoms with Crippen LogP contribution in [-0.2, 0) is 4.79 Å². The Kier molecular flexibility index (Phi) is 2.52. The normalized spacial score (nSPS) is 42.1. The fourth-order valence-corrected chi connectivity index (χ4v) is 3.38. The van der Waals surface area contributed by atoms with Gasteiger partial charge in [0.25, 0.3) is 0 Å². The molecule has 0 aromatic heterocycles. The highest BCUT2D eigenvalue weighted by Crippen LogP contribution is 2.56. The molecule has 0 aliphatic heterocycles. The lowest BCUT2D eigenvalue weighted by atomic mass is 9.52. The molecule has 0 radical (unpaired) electrons. The first-order valence-corrected chi connectivity index (χ1v) is 5.64. The van der Waals surface area contributed by atoms with Crippen molar-refractivity contribution >= 4 is 5.97 Å². The lowest BCUT2D eigenvalue weighted by Crippen LogP contribution is -2.56. The molecule has 3 heteroatoms. The van der Waals surface area contributed by atoms with E-state index in [-0.39, 0.29) is 0 Å². The molecule has 0 amide bonds. The fraction of sp³-hybridized carbons (Fsp3) is 0.909. The lowest BCUT2D eigenvalue weighted by molar-refractivity contribution is -0.167. The Balaban J connectivity index is 2.12. The Labute approximate surface area is 84.7 Å². The summed E-state index contributed by atoms with van der Waals surface area (Å²) in [5.41, 5.74) is 5.09. The molecule has 0 unspecified atom stereocenters. The second-order valence-electron chi connectivity index (χ2n) is 4.87. The third-order valence-corrected chi connectivity index (χ3v) is 4.29.